The second-order valence-corrected chi connectivity index (χ2v) is 5.11. The van der Waals surface area contributed by atoms with Crippen LogP contribution in [0.1, 0.15) is 19.8 Å². The molecule has 2 N–H and O–H groups in total. The Labute approximate surface area is 110 Å². The van der Waals surface area contributed by atoms with E-state index in [1.165, 1.54) is 0 Å². The van der Waals surface area contributed by atoms with Crippen LogP contribution in [-0.2, 0) is 9.53 Å². The van der Waals surface area contributed by atoms with Gasteiger partial charge in [0.15, 0.2) is 0 Å². The number of likely N-dealkylation sites (N-methyl/N-ethyl adjacent to an activating group) is 1. The SMILES string of the molecule is CCC1(C(=O)NCCN(C)CCOC)CCNC1. The number of ether oxygens (including phenoxy) is 1. The first-order valence-electron chi connectivity index (χ1n) is 6.81. The number of amides is 1. The highest BCUT2D eigenvalue weighted by Gasteiger charge is 2.38. The van der Waals surface area contributed by atoms with Crippen molar-refractivity contribution in [2.75, 3.05) is 53.5 Å². The molecule has 0 bridgehead atoms. The molecule has 1 aliphatic rings. The first kappa shape index (κ1) is 15.4. The van der Waals surface area contributed by atoms with Crippen molar-refractivity contribution >= 4 is 5.91 Å². The molecule has 0 radical (unpaired) electrons. The van der Waals surface area contributed by atoms with Gasteiger partial charge in [-0.1, -0.05) is 6.92 Å². The normalized spacial score (nSPS) is 23.6. The van der Waals surface area contributed by atoms with E-state index in [0.29, 0.717) is 6.54 Å². The van der Waals surface area contributed by atoms with Crippen molar-refractivity contribution in [3.05, 3.63) is 0 Å². The maximum absolute atomic E-state index is 12.2. The fourth-order valence-corrected chi connectivity index (χ4v) is 2.31. The first-order valence-corrected chi connectivity index (χ1v) is 6.81. The summed E-state index contributed by atoms with van der Waals surface area (Å²) in [6, 6.07) is 0. The van der Waals surface area contributed by atoms with Crippen molar-refractivity contribution in [3.8, 4) is 0 Å². The van der Waals surface area contributed by atoms with Crippen LogP contribution in [0.4, 0.5) is 0 Å². The molecule has 0 spiro atoms. The van der Waals surface area contributed by atoms with Crippen LogP contribution in [0, 0.1) is 5.41 Å². The minimum atomic E-state index is -0.175. The van der Waals surface area contributed by atoms with Crippen LogP contribution < -0.4 is 10.6 Å². The summed E-state index contributed by atoms with van der Waals surface area (Å²) < 4.78 is 5.02. The van der Waals surface area contributed by atoms with E-state index in [4.69, 9.17) is 4.74 Å². The quantitative estimate of drug-likeness (QED) is 0.646. The third-order valence-corrected chi connectivity index (χ3v) is 3.86. The highest BCUT2D eigenvalue weighted by atomic mass is 16.5. The standard InChI is InChI=1S/C13H27N3O2/c1-4-13(5-6-14-11-13)12(17)15-7-8-16(2)9-10-18-3/h14H,4-11H2,1-3H3,(H,15,17). The van der Waals surface area contributed by atoms with Gasteiger partial charge in [0.2, 0.25) is 5.91 Å². The number of nitrogens with one attached hydrogen (secondary N) is 2. The van der Waals surface area contributed by atoms with E-state index in [2.05, 4.69) is 22.5 Å². The third-order valence-electron chi connectivity index (χ3n) is 3.86. The summed E-state index contributed by atoms with van der Waals surface area (Å²) in [5.41, 5.74) is -0.175. The Morgan fingerprint density at radius 1 is 1.50 bits per heavy atom. The summed E-state index contributed by atoms with van der Waals surface area (Å²) in [4.78, 5) is 14.4. The maximum atomic E-state index is 12.2. The van der Waals surface area contributed by atoms with E-state index in [1.54, 1.807) is 7.11 Å². The average molecular weight is 257 g/mol. The number of carbonyl (C=O) groups excluding carboxylic acids is 1. The smallest absolute Gasteiger partial charge is 0.227 e. The van der Waals surface area contributed by atoms with Crippen LogP contribution in [0.15, 0.2) is 0 Å². The van der Waals surface area contributed by atoms with Crippen molar-refractivity contribution in [1.29, 1.82) is 0 Å². The monoisotopic (exact) mass is 257 g/mol. The number of hydrogen-bond donors (Lipinski definition) is 2. The lowest BCUT2D eigenvalue weighted by Crippen LogP contribution is -2.44. The van der Waals surface area contributed by atoms with Crippen molar-refractivity contribution in [1.82, 2.24) is 15.5 Å². The van der Waals surface area contributed by atoms with E-state index in [-0.39, 0.29) is 11.3 Å². The van der Waals surface area contributed by atoms with Crippen molar-refractivity contribution in [3.63, 3.8) is 0 Å². The van der Waals surface area contributed by atoms with Gasteiger partial charge in [-0.3, -0.25) is 4.79 Å². The molecule has 5 heteroatoms. The fraction of sp³-hybridized carbons (Fsp3) is 0.923. The molecule has 0 aliphatic carbocycles. The summed E-state index contributed by atoms with van der Waals surface area (Å²) in [7, 11) is 3.74. The van der Waals surface area contributed by atoms with Crippen LogP contribution in [-0.4, -0.2) is 64.3 Å². The van der Waals surface area contributed by atoms with Crippen LogP contribution in [0.25, 0.3) is 0 Å². The number of carbonyl (C=O) groups is 1. The number of rotatable bonds is 8. The van der Waals surface area contributed by atoms with Crippen LogP contribution >= 0.6 is 0 Å². The third kappa shape index (κ3) is 4.23. The molecular weight excluding hydrogens is 230 g/mol. The van der Waals surface area contributed by atoms with Crippen LogP contribution in [0.5, 0.6) is 0 Å². The van der Waals surface area contributed by atoms with Crippen LogP contribution in [0.3, 0.4) is 0 Å². The highest BCUT2D eigenvalue weighted by molar-refractivity contribution is 5.83. The molecule has 1 unspecified atom stereocenters. The molecule has 1 aliphatic heterocycles. The van der Waals surface area contributed by atoms with Crippen molar-refractivity contribution in [2.45, 2.75) is 19.8 Å². The Bertz CT molecular complexity index is 253. The summed E-state index contributed by atoms with van der Waals surface area (Å²) in [5.74, 6) is 0.204. The molecule has 18 heavy (non-hydrogen) atoms. The Morgan fingerprint density at radius 3 is 2.83 bits per heavy atom. The number of methoxy groups -OCH3 is 1. The zero-order chi connectivity index (χ0) is 13.4. The molecule has 0 aromatic rings. The molecule has 5 nitrogen and oxygen atoms in total. The van der Waals surface area contributed by atoms with Gasteiger partial charge in [0.1, 0.15) is 0 Å². The van der Waals surface area contributed by atoms with Gasteiger partial charge >= 0.3 is 0 Å². The molecule has 1 fully saturated rings. The lowest BCUT2D eigenvalue weighted by molar-refractivity contribution is -0.130. The lowest BCUT2D eigenvalue weighted by atomic mass is 9.83. The summed E-state index contributed by atoms with van der Waals surface area (Å²) in [5, 5.41) is 6.35. The Hall–Kier alpha value is -0.650. The molecule has 0 aromatic carbocycles. The molecular formula is C13H27N3O2. The molecule has 106 valence electrons. The second-order valence-electron chi connectivity index (χ2n) is 5.11. The molecule has 1 rings (SSSR count). The van der Waals surface area contributed by atoms with E-state index >= 15 is 0 Å². The predicted octanol–water partition coefficient (Wildman–Crippen LogP) is 0.0705. The Morgan fingerprint density at radius 2 is 2.28 bits per heavy atom. The Balaban J connectivity index is 2.24. The van der Waals surface area contributed by atoms with Gasteiger partial charge in [-0.2, -0.15) is 0 Å². The van der Waals surface area contributed by atoms with Gasteiger partial charge in [0.25, 0.3) is 0 Å². The Kier molecular flexibility index (Phi) is 6.60. The zero-order valence-electron chi connectivity index (χ0n) is 11.9. The average Bonchev–Trinajstić information content (AvgIpc) is 2.86. The summed E-state index contributed by atoms with van der Waals surface area (Å²) in [6.07, 6.45) is 1.86. The highest BCUT2D eigenvalue weighted by Crippen LogP contribution is 2.29. The minimum Gasteiger partial charge on any atom is -0.383 e. The van der Waals surface area contributed by atoms with E-state index in [1.807, 2.05) is 7.05 Å². The second kappa shape index (κ2) is 7.71. The molecule has 0 saturated carbocycles. The van der Waals surface area contributed by atoms with E-state index in [0.717, 1.165) is 45.6 Å². The summed E-state index contributed by atoms with van der Waals surface area (Å²) in [6.45, 7) is 7.06. The van der Waals surface area contributed by atoms with Gasteiger partial charge in [-0.25, -0.2) is 0 Å². The van der Waals surface area contributed by atoms with Crippen molar-refractivity contribution in [2.24, 2.45) is 5.41 Å². The molecule has 1 saturated heterocycles. The molecule has 1 amide bonds. The molecule has 1 heterocycles. The van der Waals surface area contributed by atoms with Gasteiger partial charge < -0.3 is 20.3 Å². The van der Waals surface area contributed by atoms with Crippen LogP contribution in [0.2, 0.25) is 0 Å². The van der Waals surface area contributed by atoms with Crippen molar-refractivity contribution < 1.29 is 9.53 Å². The largest absolute Gasteiger partial charge is 0.383 e. The van der Waals surface area contributed by atoms with Gasteiger partial charge in [0.05, 0.1) is 12.0 Å². The predicted molar refractivity (Wildman–Crippen MR) is 72.6 cm³/mol. The van der Waals surface area contributed by atoms with E-state index < -0.39 is 0 Å². The van der Waals surface area contributed by atoms with Gasteiger partial charge in [0, 0.05) is 33.3 Å². The van der Waals surface area contributed by atoms with E-state index in [9.17, 15) is 4.79 Å². The first-order chi connectivity index (χ1) is 8.64. The molecule has 0 aromatic heterocycles. The fourth-order valence-electron chi connectivity index (χ4n) is 2.31. The maximum Gasteiger partial charge on any atom is 0.227 e. The summed E-state index contributed by atoms with van der Waals surface area (Å²) >= 11 is 0. The topological polar surface area (TPSA) is 53.6 Å². The minimum absolute atomic E-state index is 0.175. The number of nitrogens with zero attached hydrogens (tertiary/aromatic N) is 1. The zero-order valence-corrected chi connectivity index (χ0v) is 11.9. The van der Waals surface area contributed by atoms with Gasteiger partial charge in [-0.05, 0) is 26.4 Å². The van der Waals surface area contributed by atoms with Gasteiger partial charge in [-0.15, -0.1) is 0 Å². The molecule has 1 atom stereocenters. The lowest BCUT2D eigenvalue weighted by Gasteiger charge is -2.26. The number of hydrogen-bond acceptors (Lipinski definition) is 4.